The number of carbonyl (C=O) groups is 3. The summed E-state index contributed by atoms with van der Waals surface area (Å²) in [5.74, 6) is 0.133. The fourth-order valence-corrected chi connectivity index (χ4v) is 4.16. The Kier molecular flexibility index (Phi) is 6.12. The van der Waals surface area contributed by atoms with Crippen LogP contribution in [0.1, 0.15) is 52.0 Å². The van der Waals surface area contributed by atoms with Gasteiger partial charge in [-0.25, -0.2) is 0 Å². The fourth-order valence-electron chi connectivity index (χ4n) is 4.16. The third-order valence-electron chi connectivity index (χ3n) is 5.87. The monoisotopic (exact) mass is 405 g/mol. The zero-order valence-corrected chi connectivity index (χ0v) is 17.0. The molecule has 0 unspecified atom stereocenters. The van der Waals surface area contributed by atoms with Crippen molar-refractivity contribution < 1.29 is 14.4 Å². The minimum absolute atomic E-state index is 0.0115. The molecule has 3 amide bonds. The third kappa shape index (κ3) is 4.70. The lowest BCUT2D eigenvalue weighted by atomic mass is 10.0. The van der Waals surface area contributed by atoms with Gasteiger partial charge in [-0.15, -0.1) is 0 Å². The molecule has 2 aromatic rings. The number of piperidine rings is 1. The second-order valence-corrected chi connectivity index (χ2v) is 8.03. The maximum atomic E-state index is 13.0. The van der Waals surface area contributed by atoms with E-state index in [0.29, 0.717) is 37.2 Å². The maximum absolute atomic E-state index is 13.0. The summed E-state index contributed by atoms with van der Waals surface area (Å²) in [5.41, 5.74) is 2.30. The van der Waals surface area contributed by atoms with Crippen LogP contribution in [0.4, 0.5) is 0 Å². The van der Waals surface area contributed by atoms with Gasteiger partial charge in [-0.2, -0.15) is 0 Å². The molecule has 2 aliphatic rings. The summed E-state index contributed by atoms with van der Waals surface area (Å²) in [6.45, 7) is 2.59. The third-order valence-corrected chi connectivity index (χ3v) is 5.87. The van der Waals surface area contributed by atoms with Gasteiger partial charge in [-0.05, 0) is 49.1 Å². The summed E-state index contributed by atoms with van der Waals surface area (Å²) in [5, 5.41) is 3.07. The standard InChI is InChI=1S/C24H27N3O3/c28-22-10-5-13-27(22)17-18-6-4-9-20(16-18)24(30)26-14-11-21(12-15-26)25-23(29)19-7-2-1-3-8-19/h1-4,6-9,16,21H,5,10-15,17H2,(H,25,29). The van der Waals surface area contributed by atoms with Crippen LogP contribution in [-0.2, 0) is 11.3 Å². The first-order chi connectivity index (χ1) is 14.6. The minimum atomic E-state index is -0.0652. The lowest BCUT2D eigenvalue weighted by Gasteiger charge is -2.32. The van der Waals surface area contributed by atoms with Crippen molar-refractivity contribution in [2.75, 3.05) is 19.6 Å². The zero-order valence-electron chi connectivity index (χ0n) is 17.0. The van der Waals surface area contributed by atoms with Crippen molar-refractivity contribution >= 4 is 17.7 Å². The van der Waals surface area contributed by atoms with E-state index < -0.39 is 0 Å². The number of amides is 3. The molecule has 6 heteroatoms. The van der Waals surface area contributed by atoms with Crippen molar-refractivity contribution in [2.45, 2.75) is 38.3 Å². The average Bonchev–Trinajstić information content (AvgIpc) is 3.19. The van der Waals surface area contributed by atoms with Gasteiger partial charge in [-0.3, -0.25) is 14.4 Å². The molecular weight excluding hydrogens is 378 g/mol. The van der Waals surface area contributed by atoms with Crippen LogP contribution in [0.15, 0.2) is 54.6 Å². The van der Waals surface area contributed by atoms with E-state index in [4.69, 9.17) is 0 Å². The Labute approximate surface area is 176 Å². The number of benzene rings is 2. The molecule has 0 radical (unpaired) electrons. The van der Waals surface area contributed by atoms with E-state index in [1.807, 2.05) is 52.3 Å². The lowest BCUT2D eigenvalue weighted by molar-refractivity contribution is -0.128. The highest BCUT2D eigenvalue weighted by Crippen LogP contribution is 2.18. The van der Waals surface area contributed by atoms with E-state index in [1.165, 1.54) is 0 Å². The number of hydrogen-bond acceptors (Lipinski definition) is 3. The molecule has 2 saturated heterocycles. The number of carbonyl (C=O) groups excluding carboxylic acids is 3. The number of nitrogens with one attached hydrogen (secondary N) is 1. The summed E-state index contributed by atoms with van der Waals surface area (Å²) >= 11 is 0. The van der Waals surface area contributed by atoms with E-state index in [1.54, 1.807) is 12.1 Å². The van der Waals surface area contributed by atoms with Crippen LogP contribution >= 0.6 is 0 Å². The highest BCUT2D eigenvalue weighted by atomic mass is 16.2. The molecule has 6 nitrogen and oxygen atoms in total. The number of hydrogen-bond donors (Lipinski definition) is 1. The van der Waals surface area contributed by atoms with Crippen LogP contribution in [0, 0.1) is 0 Å². The van der Waals surface area contributed by atoms with E-state index in [-0.39, 0.29) is 23.8 Å². The summed E-state index contributed by atoms with van der Waals surface area (Å²) in [6, 6.07) is 16.9. The lowest BCUT2D eigenvalue weighted by Crippen LogP contribution is -2.46. The van der Waals surface area contributed by atoms with Gasteiger partial charge in [0.05, 0.1) is 0 Å². The molecule has 0 aromatic heterocycles. The van der Waals surface area contributed by atoms with Gasteiger partial charge < -0.3 is 15.1 Å². The largest absolute Gasteiger partial charge is 0.349 e. The van der Waals surface area contributed by atoms with Crippen LogP contribution < -0.4 is 5.32 Å². The maximum Gasteiger partial charge on any atom is 0.253 e. The van der Waals surface area contributed by atoms with Gasteiger partial charge in [0.15, 0.2) is 0 Å². The Balaban J connectivity index is 1.31. The van der Waals surface area contributed by atoms with Crippen LogP contribution in [0.2, 0.25) is 0 Å². The minimum Gasteiger partial charge on any atom is -0.349 e. The molecule has 2 aromatic carbocycles. The Morgan fingerprint density at radius 1 is 0.933 bits per heavy atom. The molecule has 4 rings (SSSR count). The van der Waals surface area contributed by atoms with Crippen LogP contribution in [0.5, 0.6) is 0 Å². The van der Waals surface area contributed by atoms with Crippen molar-refractivity contribution in [1.29, 1.82) is 0 Å². The predicted octanol–water partition coefficient (Wildman–Crippen LogP) is 2.84. The Hall–Kier alpha value is -3.15. The first kappa shape index (κ1) is 20.1. The molecule has 156 valence electrons. The van der Waals surface area contributed by atoms with E-state index >= 15 is 0 Å². The average molecular weight is 405 g/mol. The molecule has 0 bridgehead atoms. The first-order valence-electron chi connectivity index (χ1n) is 10.6. The molecule has 0 aliphatic carbocycles. The van der Waals surface area contributed by atoms with Crippen LogP contribution in [0.3, 0.4) is 0 Å². The molecule has 2 heterocycles. The smallest absolute Gasteiger partial charge is 0.253 e. The molecular formula is C24H27N3O3. The molecule has 1 N–H and O–H groups in total. The molecule has 30 heavy (non-hydrogen) atoms. The summed E-state index contributed by atoms with van der Waals surface area (Å²) in [7, 11) is 0. The van der Waals surface area contributed by atoms with Crippen molar-refractivity contribution in [1.82, 2.24) is 15.1 Å². The summed E-state index contributed by atoms with van der Waals surface area (Å²) < 4.78 is 0. The zero-order chi connectivity index (χ0) is 20.9. The van der Waals surface area contributed by atoms with Crippen molar-refractivity contribution in [3.8, 4) is 0 Å². The second kappa shape index (κ2) is 9.11. The molecule has 0 saturated carbocycles. The van der Waals surface area contributed by atoms with Gasteiger partial charge in [0.2, 0.25) is 5.91 Å². The first-order valence-corrected chi connectivity index (χ1v) is 10.6. The highest BCUT2D eigenvalue weighted by Gasteiger charge is 2.25. The highest BCUT2D eigenvalue weighted by molar-refractivity contribution is 5.95. The van der Waals surface area contributed by atoms with Gasteiger partial charge in [0.1, 0.15) is 0 Å². The summed E-state index contributed by atoms with van der Waals surface area (Å²) in [6.07, 6.45) is 3.01. The quantitative estimate of drug-likeness (QED) is 0.832. The van der Waals surface area contributed by atoms with Crippen molar-refractivity contribution in [3.05, 3.63) is 71.3 Å². The van der Waals surface area contributed by atoms with Gasteiger partial charge in [0, 0.05) is 49.8 Å². The van der Waals surface area contributed by atoms with Gasteiger partial charge >= 0.3 is 0 Å². The second-order valence-electron chi connectivity index (χ2n) is 8.03. The van der Waals surface area contributed by atoms with E-state index in [0.717, 1.165) is 31.4 Å². The summed E-state index contributed by atoms with van der Waals surface area (Å²) in [4.78, 5) is 40.9. The molecule has 2 aliphatic heterocycles. The van der Waals surface area contributed by atoms with Crippen molar-refractivity contribution in [2.24, 2.45) is 0 Å². The number of likely N-dealkylation sites (tertiary alicyclic amines) is 2. The topological polar surface area (TPSA) is 69.7 Å². The van der Waals surface area contributed by atoms with Gasteiger partial charge in [-0.1, -0.05) is 30.3 Å². The Morgan fingerprint density at radius 3 is 2.37 bits per heavy atom. The fraction of sp³-hybridized carbons (Fsp3) is 0.375. The van der Waals surface area contributed by atoms with E-state index in [9.17, 15) is 14.4 Å². The van der Waals surface area contributed by atoms with Gasteiger partial charge in [0.25, 0.3) is 11.8 Å². The SMILES string of the molecule is O=C(NC1CCN(C(=O)c2cccc(CN3CCCC3=O)c2)CC1)c1ccccc1. The Morgan fingerprint density at radius 2 is 1.67 bits per heavy atom. The number of rotatable bonds is 5. The van der Waals surface area contributed by atoms with Crippen molar-refractivity contribution in [3.63, 3.8) is 0 Å². The normalized spacial score (nSPS) is 17.3. The predicted molar refractivity (Wildman–Crippen MR) is 114 cm³/mol. The van der Waals surface area contributed by atoms with Crippen LogP contribution in [-0.4, -0.2) is 53.2 Å². The Bertz CT molecular complexity index is 920. The molecule has 0 spiro atoms. The number of nitrogens with zero attached hydrogens (tertiary/aromatic N) is 2. The molecule has 2 fully saturated rings. The van der Waals surface area contributed by atoms with Crippen LogP contribution in [0.25, 0.3) is 0 Å². The van der Waals surface area contributed by atoms with E-state index in [2.05, 4.69) is 5.32 Å². The molecule has 0 atom stereocenters.